The number of aromatic nitrogens is 3. The van der Waals surface area contributed by atoms with Crippen LogP contribution in [0.25, 0.3) is 11.0 Å². The molecule has 3 aromatic rings. The summed E-state index contributed by atoms with van der Waals surface area (Å²) in [4.78, 5) is 13.9. The van der Waals surface area contributed by atoms with E-state index < -0.39 is 18.0 Å². The van der Waals surface area contributed by atoms with Crippen molar-refractivity contribution in [1.82, 2.24) is 20.3 Å². The predicted octanol–water partition coefficient (Wildman–Crippen LogP) is 2.90. The standard InChI is InChI=1S/C24H27FN4O4S/c1-31-23-5-3-18-24(29-23)16(17(25)11-28-18)9-19(30)20-4-2-14(13-33-20)26-10-15-8-22-21(12-27-15)32-6-7-34-22/h3,5,8,11-12,14,19-20,26,30H,2,4,6-7,9-10,13H2,1H3/t14-,19?,20+/m1/s1/i19D. The molecule has 1 saturated heterocycles. The highest BCUT2D eigenvalue weighted by Gasteiger charge is 2.29. The first kappa shape index (κ1) is 22.0. The Kier molecular flexibility index (Phi) is 6.71. The number of methoxy groups -OCH3 is 1. The number of pyridine rings is 3. The molecule has 0 spiro atoms. The largest absolute Gasteiger partial charge is 0.490 e. The Morgan fingerprint density at radius 1 is 1.35 bits per heavy atom. The van der Waals surface area contributed by atoms with E-state index in [1.54, 1.807) is 30.1 Å². The SMILES string of the molecule is [2H]C(O)(Cc1c(F)cnc2ccc(OC)nc12)[C@@H]1CC[C@@H](NCc2cc3c(cn2)OCCS3)CO1. The van der Waals surface area contributed by atoms with Crippen LogP contribution in [-0.2, 0) is 17.7 Å². The van der Waals surface area contributed by atoms with E-state index in [-0.39, 0.29) is 23.5 Å². The Hall–Kier alpha value is -2.53. The Labute approximate surface area is 202 Å². The molecule has 1 unspecified atom stereocenters. The van der Waals surface area contributed by atoms with Crippen LogP contribution in [0.15, 0.2) is 35.5 Å². The minimum absolute atomic E-state index is 0.0632. The molecule has 5 rings (SSSR count). The van der Waals surface area contributed by atoms with Gasteiger partial charge in [0.05, 0.1) is 67.9 Å². The van der Waals surface area contributed by atoms with E-state index in [0.29, 0.717) is 44.0 Å². The summed E-state index contributed by atoms with van der Waals surface area (Å²) in [7, 11) is 1.47. The molecule has 1 fully saturated rings. The first-order valence-corrected chi connectivity index (χ1v) is 12.2. The van der Waals surface area contributed by atoms with Crippen molar-refractivity contribution in [3.05, 3.63) is 47.7 Å². The van der Waals surface area contributed by atoms with Crippen LogP contribution in [-0.4, -0.2) is 64.4 Å². The summed E-state index contributed by atoms with van der Waals surface area (Å²) in [6.07, 6.45) is 0.952. The third-order valence-corrected chi connectivity index (χ3v) is 7.01. The lowest BCUT2D eigenvalue weighted by molar-refractivity contribution is -0.0719. The Bertz CT molecular complexity index is 1210. The van der Waals surface area contributed by atoms with Gasteiger partial charge >= 0.3 is 0 Å². The molecule has 3 atom stereocenters. The van der Waals surface area contributed by atoms with Gasteiger partial charge in [-0.2, -0.15) is 0 Å². The third-order valence-electron chi connectivity index (χ3n) is 6.01. The average Bonchev–Trinajstić information content (AvgIpc) is 2.89. The minimum atomic E-state index is -2.03. The van der Waals surface area contributed by atoms with E-state index in [2.05, 4.69) is 20.3 Å². The molecule has 180 valence electrons. The number of thioether (sulfide) groups is 1. The molecule has 0 aliphatic carbocycles. The summed E-state index contributed by atoms with van der Waals surface area (Å²) >= 11 is 1.76. The van der Waals surface area contributed by atoms with Gasteiger partial charge in [0.2, 0.25) is 5.88 Å². The summed E-state index contributed by atoms with van der Waals surface area (Å²) in [5, 5.41) is 14.4. The number of hydrogen-bond donors (Lipinski definition) is 2. The molecule has 2 N–H and O–H groups in total. The second-order valence-corrected chi connectivity index (χ2v) is 9.41. The van der Waals surface area contributed by atoms with Gasteiger partial charge in [-0.05, 0) is 25.0 Å². The van der Waals surface area contributed by atoms with Gasteiger partial charge in [-0.15, -0.1) is 11.8 Å². The fraction of sp³-hybridized carbons (Fsp3) is 0.458. The highest BCUT2D eigenvalue weighted by atomic mass is 32.2. The molecule has 10 heteroatoms. The normalized spacial score (nSPS) is 22.4. The van der Waals surface area contributed by atoms with Gasteiger partial charge in [-0.3, -0.25) is 9.97 Å². The average molecular weight is 488 g/mol. The van der Waals surface area contributed by atoms with E-state index in [4.69, 9.17) is 15.6 Å². The number of aliphatic hydroxyl groups is 1. The molecule has 8 nitrogen and oxygen atoms in total. The summed E-state index contributed by atoms with van der Waals surface area (Å²) < 4.78 is 39.9. The Morgan fingerprint density at radius 3 is 3.09 bits per heavy atom. The third kappa shape index (κ3) is 5.10. The van der Waals surface area contributed by atoms with Gasteiger partial charge in [-0.1, -0.05) is 0 Å². The highest BCUT2D eigenvalue weighted by Crippen LogP contribution is 2.32. The summed E-state index contributed by atoms with van der Waals surface area (Å²) in [5.41, 5.74) is 1.78. The summed E-state index contributed by atoms with van der Waals surface area (Å²) in [6.45, 7) is 1.62. The van der Waals surface area contributed by atoms with Crippen molar-refractivity contribution in [3.8, 4) is 11.6 Å². The molecule has 0 aromatic carbocycles. The van der Waals surface area contributed by atoms with Crippen molar-refractivity contribution in [2.75, 3.05) is 26.1 Å². The van der Waals surface area contributed by atoms with Gasteiger partial charge in [0, 0.05) is 36.4 Å². The van der Waals surface area contributed by atoms with Crippen LogP contribution in [0.5, 0.6) is 11.6 Å². The zero-order valence-electron chi connectivity index (χ0n) is 19.8. The molecule has 34 heavy (non-hydrogen) atoms. The molecule has 2 aliphatic heterocycles. The van der Waals surface area contributed by atoms with E-state index in [9.17, 15) is 9.50 Å². The molecular weight excluding hydrogens is 459 g/mol. The lowest BCUT2D eigenvalue weighted by Gasteiger charge is -2.32. The van der Waals surface area contributed by atoms with Gasteiger partial charge in [0.15, 0.2) is 5.75 Å². The number of rotatable bonds is 7. The van der Waals surface area contributed by atoms with E-state index in [0.717, 1.165) is 28.3 Å². The first-order chi connectivity index (χ1) is 16.9. The monoisotopic (exact) mass is 487 g/mol. The van der Waals surface area contributed by atoms with Crippen LogP contribution in [0, 0.1) is 5.82 Å². The minimum Gasteiger partial charge on any atom is -0.490 e. The number of hydrogen-bond acceptors (Lipinski definition) is 9. The van der Waals surface area contributed by atoms with Crippen LogP contribution in [0.4, 0.5) is 4.39 Å². The van der Waals surface area contributed by atoms with Crippen molar-refractivity contribution in [2.24, 2.45) is 0 Å². The predicted molar refractivity (Wildman–Crippen MR) is 126 cm³/mol. The smallest absolute Gasteiger partial charge is 0.213 e. The number of ether oxygens (including phenoxy) is 3. The van der Waals surface area contributed by atoms with Crippen LogP contribution < -0.4 is 14.8 Å². The Balaban J connectivity index is 1.20. The van der Waals surface area contributed by atoms with Crippen molar-refractivity contribution in [2.45, 2.75) is 48.9 Å². The molecule has 0 saturated carbocycles. The highest BCUT2D eigenvalue weighted by molar-refractivity contribution is 7.99. The van der Waals surface area contributed by atoms with Crippen LogP contribution in [0.1, 0.15) is 25.5 Å². The van der Waals surface area contributed by atoms with Gasteiger partial charge < -0.3 is 24.6 Å². The molecular formula is C24H27FN4O4S. The molecule has 5 heterocycles. The second-order valence-electron chi connectivity index (χ2n) is 8.27. The van der Waals surface area contributed by atoms with E-state index >= 15 is 0 Å². The zero-order chi connectivity index (χ0) is 24.4. The summed E-state index contributed by atoms with van der Waals surface area (Å²) in [5.74, 6) is 1.44. The number of nitrogens with one attached hydrogen (secondary N) is 1. The molecule has 0 amide bonds. The number of halogens is 1. The van der Waals surface area contributed by atoms with Gasteiger partial charge in [0.25, 0.3) is 0 Å². The van der Waals surface area contributed by atoms with Crippen molar-refractivity contribution >= 4 is 22.8 Å². The van der Waals surface area contributed by atoms with E-state index in [1.165, 1.54) is 7.11 Å². The van der Waals surface area contributed by atoms with E-state index in [1.807, 2.05) is 6.07 Å². The van der Waals surface area contributed by atoms with Gasteiger partial charge in [0.1, 0.15) is 5.82 Å². The second kappa shape index (κ2) is 10.4. The van der Waals surface area contributed by atoms with Crippen molar-refractivity contribution < 1.29 is 25.1 Å². The fourth-order valence-electron chi connectivity index (χ4n) is 4.16. The van der Waals surface area contributed by atoms with Crippen LogP contribution >= 0.6 is 11.8 Å². The summed E-state index contributed by atoms with van der Waals surface area (Å²) in [6, 6.07) is 5.41. The number of nitrogens with zero attached hydrogens (tertiary/aromatic N) is 3. The maximum atomic E-state index is 14.7. The molecule has 0 radical (unpaired) electrons. The maximum absolute atomic E-state index is 14.7. The molecule has 0 bridgehead atoms. The number of fused-ring (bicyclic) bond motifs is 2. The first-order valence-electron chi connectivity index (χ1n) is 11.7. The van der Waals surface area contributed by atoms with Gasteiger partial charge in [-0.25, -0.2) is 9.37 Å². The van der Waals surface area contributed by atoms with Crippen molar-refractivity contribution in [1.29, 1.82) is 0 Å². The molecule has 3 aromatic heterocycles. The van der Waals surface area contributed by atoms with Crippen LogP contribution in [0.3, 0.4) is 0 Å². The Morgan fingerprint density at radius 2 is 2.26 bits per heavy atom. The lowest BCUT2D eigenvalue weighted by atomic mass is 9.96. The quantitative estimate of drug-likeness (QED) is 0.521. The molecule has 2 aliphatic rings. The van der Waals surface area contributed by atoms with Crippen LogP contribution in [0.2, 0.25) is 0 Å². The van der Waals surface area contributed by atoms with Crippen molar-refractivity contribution in [3.63, 3.8) is 0 Å². The maximum Gasteiger partial charge on any atom is 0.213 e. The lowest BCUT2D eigenvalue weighted by Crippen LogP contribution is -2.44. The zero-order valence-corrected chi connectivity index (χ0v) is 19.6. The topological polar surface area (TPSA) is 98.6 Å². The fourth-order valence-corrected chi connectivity index (χ4v) is 5.02.